The SMILES string of the molecule is CCCCCCCCCCCCCCCC.C[N+](C)(C)CCOP(=O)([O-])O. The first kappa shape index (κ1) is 29.3. The highest BCUT2D eigenvalue weighted by Gasteiger charge is 2.09. The van der Waals surface area contributed by atoms with Gasteiger partial charge in [-0.05, 0) is 0 Å². The third-order valence-electron chi connectivity index (χ3n) is 4.47. The Morgan fingerprint density at radius 1 is 0.741 bits per heavy atom. The van der Waals surface area contributed by atoms with Gasteiger partial charge < -0.3 is 18.8 Å². The minimum Gasteiger partial charge on any atom is -0.756 e. The Morgan fingerprint density at radius 3 is 1.26 bits per heavy atom. The molecule has 0 aliphatic carbocycles. The molecule has 6 heteroatoms. The van der Waals surface area contributed by atoms with Gasteiger partial charge in [0.1, 0.15) is 13.2 Å². The molecule has 0 heterocycles. The van der Waals surface area contributed by atoms with E-state index in [9.17, 15) is 9.46 Å². The molecule has 0 amide bonds. The van der Waals surface area contributed by atoms with Crippen LogP contribution in [0.3, 0.4) is 0 Å². The van der Waals surface area contributed by atoms with Gasteiger partial charge in [-0.15, -0.1) is 0 Å². The molecule has 1 atom stereocenters. The number of rotatable bonds is 17. The van der Waals surface area contributed by atoms with Crippen LogP contribution in [-0.2, 0) is 9.09 Å². The van der Waals surface area contributed by atoms with Gasteiger partial charge >= 0.3 is 0 Å². The van der Waals surface area contributed by atoms with Crippen LogP contribution in [0.15, 0.2) is 0 Å². The van der Waals surface area contributed by atoms with Crippen molar-refractivity contribution in [2.24, 2.45) is 0 Å². The fraction of sp³-hybridized carbons (Fsp3) is 1.00. The summed E-state index contributed by atoms with van der Waals surface area (Å²) >= 11 is 0. The molecule has 0 aliphatic rings. The molecule has 0 rings (SSSR count). The third kappa shape index (κ3) is 34.0. The van der Waals surface area contributed by atoms with E-state index >= 15 is 0 Å². The molecule has 0 spiro atoms. The lowest BCUT2D eigenvalue weighted by Crippen LogP contribution is -2.37. The number of quaternary nitrogens is 1. The van der Waals surface area contributed by atoms with Crippen LogP contribution in [0.5, 0.6) is 0 Å². The van der Waals surface area contributed by atoms with E-state index in [1.54, 1.807) is 0 Å². The summed E-state index contributed by atoms with van der Waals surface area (Å²) in [7, 11) is 1.19. The second-order valence-electron chi connectivity index (χ2n) is 8.56. The zero-order valence-electron chi connectivity index (χ0n) is 18.9. The van der Waals surface area contributed by atoms with Crippen molar-refractivity contribution in [2.45, 2.75) is 104 Å². The lowest BCUT2D eigenvalue weighted by molar-refractivity contribution is -0.870. The van der Waals surface area contributed by atoms with Gasteiger partial charge in [0.2, 0.25) is 0 Å². The summed E-state index contributed by atoms with van der Waals surface area (Å²) in [5.41, 5.74) is 0. The van der Waals surface area contributed by atoms with E-state index in [1.165, 1.54) is 89.9 Å². The Balaban J connectivity index is 0. The average Bonchev–Trinajstić information content (AvgIpc) is 2.54. The quantitative estimate of drug-likeness (QED) is 0.191. The molecule has 0 aromatic heterocycles. The maximum Gasteiger partial charge on any atom is 0.265 e. The first-order valence-corrected chi connectivity index (χ1v) is 12.6. The highest BCUT2D eigenvalue weighted by Crippen LogP contribution is 2.29. The number of hydrogen-bond donors (Lipinski definition) is 1. The van der Waals surface area contributed by atoms with Gasteiger partial charge in [-0.1, -0.05) is 104 Å². The monoisotopic (exact) mass is 409 g/mol. The summed E-state index contributed by atoms with van der Waals surface area (Å²) < 4.78 is 14.8. The van der Waals surface area contributed by atoms with Crippen molar-refractivity contribution in [3.63, 3.8) is 0 Å². The molecule has 0 fully saturated rings. The van der Waals surface area contributed by atoms with Crippen LogP contribution in [0.1, 0.15) is 104 Å². The maximum atomic E-state index is 10.1. The number of likely N-dealkylation sites (N-methyl/N-ethyl adjacent to an activating group) is 1. The molecule has 0 aromatic carbocycles. The molecule has 27 heavy (non-hydrogen) atoms. The second-order valence-corrected chi connectivity index (χ2v) is 9.75. The van der Waals surface area contributed by atoms with E-state index in [2.05, 4.69) is 18.4 Å². The summed E-state index contributed by atoms with van der Waals surface area (Å²) in [5, 5.41) is 0. The molecule has 0 aliphatic heterocycles. The fourth-order valence-electron chi connectivity index (χ4n) is 2.70. The van der Waals surface area contributed by atoms with Gasteiger partial charge in [-0.2, -0.15) is 0 Å². The van der Waals surface area contributed by atoms with Crippen LogP contribution in [0.2, 0.25) is 0 Å². The molecule has 0 aromatic rings. The molecular weight excluding hydrogens is 361 g/mol. The molecule has 0 bridgehead atoms. The fourth-order valence-corrected chi connectivity index (χ4v) is 3.01. The predicted molar refractivity (Wildman–Crippen MR) is 115 cm³/mol. The standard InChI is InChI=1S/C16H34.C5H14NO4P/c1-3-5-7-9-11-13-15-16-14-12-10-8-6-4-2;1-6(2,3)4-5-10-11(7,8)9/h3-16H2,1-2H3;4-5H2,1-3H3,(H-,7,8,9). The molecule has 0 radical (unpaired) electrons. The highest BCUT2D eigenvalue weighted by molar-refractivity contribution is 7.44. The van der Waals surface area contributed by atoms with Crippen molar-refractivity contribution in [1.82, 2.24) is 0 Å². The first-order chi connectivity index (χ1) is 12.6. The maximum absolute atomic E-state index is 10.1. The van der Waals surface area contributed by atoms with Gasteiger partial charge in [0, 0.05) is 0 Å². The van der Waals surface area contributed by atoms with Crippen molar-refractivity contribution in [2.75, 3.05) is 34.3 Å². The van der Waals surface area contributed by atoms with E-state index in [0.29, 0.717) is 11.0 Å². The summed E-state index contributed by atoms with van der Waals surface area (Å²) in [6, 6.07) is 0. The van der Waals surface area contributed by atoms with Gasteiger partial charge in [0.25, 0.3) is 7.82 Å². The van der Waals surface area contributed by atoms with Crippen molar-refractivity contribution < 1.29 is 23.4 Å². The van der Waals surface area contributed by atoms with Gasteiger partial charge in [0.05, 0.1) is 21.1 Å². The molecule has 1 N–H and O–H groups in total. The van der Waals surface area contributed by atoms with Gasteiger partial charge in [0.15, 0.2) is 0 Å². The third-order valence-corrected chi connectivity index (χ3v) is 4.98. The Hall–Kier alpha value is 0.0700. The van der Waals surface area contributed by atoms with E-state index < -0.39 is 7.82 Å². The van der Waals surface area contributed by atoms with E-state index in [-0.39, 0.29) is 6.61 Å². The van der Waals surface area contributed by atoms with Crippen LogP contribution >= 0.6 is 7.82 Å². The Kier molecular flexibility index (Phi) is 21.0. The molecular formula is C21H48NO4P. The van der Waals surface area contributed by atoms with Crippen molar-refractivity contribution in [3.05, 3.63) is 0 Å². The molecule has 0 saturated carbocycles. The average molecular weight is 410 g/mol. The largest absolute Gasteiger partial charge is 0.756 e. The molecule has 1 unspecified atom stereocenters. The minimum atomic E-state index is -4.51. The minimum absolute atomic E-state index is 0.0147. The van der Waals surface area contributed by atoms with E-state index in [4.69, 9.17) is 4.89 Å². The highest BCUT2D eigenvalue weighted by atomic mass is 31.2. The lowest BCUT2D eigenvalue weighted by Gasteiger charge is -2.25. The van der Waals surface area contributed by atoms with Crippen LogP contribution in [0.4, 0.5) is 0 Å². The Morgan fingerprint density at radius 2 is 1.04 bits per heavy atom. The van der Waals surface area contributed by atoms with Crippen molar-refractivity contribution in [1.29, 1.82) is 0 Å². The van der Waals surface area contributed by atoms with Crippen LogP contribution in [0.25, 0.3) is 0 Å². The molecule has 0 saturated heterocycles. The zero-order valence-corrected chi connectivity index (χ0v) is 19.8. The second kappa shape index (κ2) is 19.4. The summed E-state index contributed by atoms with van der Waals surface area (Å²) in [6.45, 7) is 5.13. The Bertz CT molecular complexity index is 326. The summed E-state index contributed by atoms with van der Waals surface area (Å²) in [4.78, 5) is 18.3. The molecule has 5 nitrogen and oxygen atoms in total. The summed E-state index contributed by atoms with van der Waals surface area (Å²) in [5.74, 6) is 0. The van der Waals surface area contributed by atoms with Crippen molar-refractivity contribution >= 4 is 7.82 Å². The lowest BCUT2D eigenvalue weighted by atomic mass is 10.0. The zero-order chi connectivity index (χ0) is 21.0. The normalized spacial score (nSPS) is 13.7. The number of nitrogens with zero attached hydrogens (tertiary/aromatic N) is 1. The van der Waals surface area contributed by atoms with E-state index in [1.807, 2.05) is 21.1 Å². The predicted octanol–water partition coefficient (Wildman–Crippen LogP) is 5.66. The van der Waals surface area contributed by atoms with Gasteiger partial charge in [-0.25, -0.2) is 0 Å². The Labute approximate surface area is 169 Å². The van der Waals surface area contributed by atoms with E-state index in [0.717, 1.165) is 0 Å². The van der Waals surface area contributed by atoms with Crippen LogP contribution < -0.4 is 4.89 Å². The number of hydrogen-bond acceptors (Lipinski definition) is 3. The molecule has 166 valence electrons. The smallest absolute Gasteiger partial charge is 0.265 e. The van der Waals surface area contributed by atoms with Crippen LogP contribution in [0, 0.1) is 0 Å². The topological polar surface area (TPSA) is 69.6 Å². The first-order valence-electron chi connectivity index (χ1n) is 11.1. The van der Waals surface area contributed by atoms with Crippen LogP contribution in [-0.4, -0.2) is 43.7 Å². The van der Waals surface area contributed by atoms with Gasteiger partial charge in [-0.3, -0.25) is 4.57 Å². The number of unbranched alkanes of at least 4 members (excludes halogenated alkanes) is 13. The number of phosphoric ester groups is 1. The van der Waals surface area contributed by atoms with Crippen molar-refractivity contribution in [3.8, 4) is 0 Å². The summed E-state index contributed by atoms with van der Waals surface area (Å²) in [6.07, 6.45) is 20.4. The number of phosphoric acid groups is 1.